The van der Waals surface area contributed by atoms with Gasteiger partial charge in [0.05, 0.1) is 11.9 Å². The van der Waals surface area contributed by atoms with Crippen LogP contribution in [0.25, 0.3) is 0 Å². The van der Waals surface area contributed by atoms with Gasteiger partial charge in [0.25, 0.3) is 0 Å². The van der Waals surface area contributed by atoms with Gasteiger partial charge in [-0.05, 0) is 73.9 Å². The van der Waals surface area contributed by atoms with Crippen LogP contribution in [0.3, 0.4) is 0 Å². The summed E-state index contributed by atoms with van der Waals surface area (Å²) >= 11 is 0. The van der Waals surface area contributed by atoms with Crippen molar-refractivity contribution >= 4 is 21.6 Å². The predicted octanol–water partition coefficient (Wildman–Crippen LogP) is 4.33. The Morgan fingerprint density at radius 2 is 1.57 bits per heavy atom. The van der Waals surface area contributed by atoms with Crippen molar-refractivity contribution in [1.82, 2.24) is 5.32 Å². The summed E-state index contributed by atoms with van der Waals surface area (Å²) in [5.74, 6) is 0.213. The fraction of sp³-hybridized carbons (Fsp3) is 0.458. The summed E-state index contributed by atoms with van der Waals surface area (Å²) in [6, 6.07) is 13.3. The number of amides is 1. The molecule has 0 aromatic heterocycles. The fourth-order valence-electron chi connectivity index (χ4n) is 3.61. The van der Waals surface area contributed by atoms with Gasteiger partial charge in [0.1, 0.15) is 6.04 Å². The van der Waals surface area contributed by atoms with Crippen LogP contribution in [0.2, 0.25) is 0 Å². The number of hydrogen-bond donors (Lipinski definition) is 1. The van der Waals surface area contributed by atoms with Crippen LogP contribution in [0, 0.1) is 13.8 Å². The summed E-state index contributed by atoms with van der Waals surface area (Å²) in [5.41, 5.74) is 4.97. The molecule has 1 atom stereocenters. The van der Waals surface area contributed by atoms with Crippen molar-refractivity contribution in [2.75, 3.05) is 17.1 Å². The quantitative estimate of drug-likeness (QED) is 0.602. The standard InChI is InChI=1S/C24H34N2O3S/c1-17(2)22-11-9-21(10-12-22)8-7-13-25-24(27)20(5)26(30(6,28)29)23-15-18(3)14-19(4)16-23/h9-12,14-17,20H,7-8,13H2,1-6H3,(H,25,27). The van der Waals surface area contributed by atoms with Crippen molar-refractivity contribution in [2.45, 2.75) is 59.4 Å². The van der Waals surface area contributed by atoms with Gasteiger partial charge in [-0.25, -0.2) is 8.42 Å². The van der Waals surface area contributed by atoms with E-state index in [4.69, 9.17) is 0 Å². The monoisotopic (exact) mass is 430 g/mol. The van der Waals surface area contributed by atoms with E-state index < -0.39 is 16.1 Å². The molecule has 0 saturated carbocycles. The Hall–Kier alpha value is -2.34. The zero-order chi connectivity index (χ0) is 22.5. The second-order valence-electron chi connectivity index (χ2n) is 8.37. The second-order valence-corrected chi connectivity index (χ2v) is 10.2. The minimum absolute atomic E-state index is 0.297. The average molecular weight is 431 g/mol. The first-order chi connectivity index (χ1) is 14.0. The molecule has 0 fully saturated rings. The highest BCUT2D eigenvalue weighted by Crippen LogP contribution is 2.24. The molecule has 0 spiro atoms. The number of anilines is 1. The number of carbonyl (C=O) groups is 1. The van der Waals surface area contributed by atoms with Gasteiger partial charge in [0.2, 0.25) is 15.9 Å². The largest absolute Gasteiger partial charge is 0.354 e. The summed E-state index contributed by atoms with van der Waals surface area (Å²) < 4.78 is 26.1. The van der Waals surface area contributed by atoms with Crippen LogP contribution in [-0.4, -0.2) is 33.2 Å². The van der Waals surface area contributed by atoms with E-state index in [1.165, 1.54) is 15.4 Å². The third kappa shape index (κ3) is 6.59. The Labute approximate surface area is 181 Å². The zero-order valence-corrected chi connectivity index (χ0v) is 19.7. The van der Waals surface area contributed by atoms with Gasteiger partial charge >= 0.3 is 0 Å². The molecule has 1 amide bonds. The van der Waals surface area contributed by atoms with Gasteiger partial charge in [-0.2, -0.15) is 0 Å². The first-order valence-corrected chi connectivity index (χ1v) is 12.3. The second kappa shape index (κ2) is 10.1. The van der Waals surface area contributed by atoms with Gasteiger partial charge in [0, 0.05) is 6.54 Å². The molecule has 1 N–H and O–H groups in total. The van der Waals surface area contributed by atoms with Gasteiger partial charge in [-0.3, -0.25) is 9.10 Å². The molecule has 0 aliphatic heterocycles. The molecule has 0 bridgehead atoms. The number of rotatable bonds is 9. The van der Waals surface area contributed by atoms with E-state index in [1.54, 1.807) is 19.1 Å². The van der Waals surface area contributed by atoms with Crippen molar-refractivity contribution in [2.24, 2.45) is 0 Å². The molecule has 0 aliphatic carbocycles. The van der Waals surface area contributed by atoms with Gasteiger partial charge in [-0.1, -0.05) is 44.2 Å². The first kappa shape index (κ1) is 23.9. The van der Waals surface area contributed by atoms with Gasteiger partial charge in [-0.15, -0.1) is 0 Å². The zero-order valence-electron chi connectivity index (χ0n) is 18.9. The van der Waals surface area contributed by atoms with Crippen LogP contribution in [0.1, 0.15) is 55.4 Å². The SMILES string of the molecule is Cc1cc(C)cc(N(C(C)C(=O)NCCCc2ccc(C(C)C)cc2)S(C)(=O)=O)c1. The van der Waals surface area contributed by atoms with Crippen LogP contribution in [-0.2, 0) is 21.2 Å². The summed E-state index contributed by atoms with van der Waals surface area (Å²) in [6.07, 6.45) is 2.79. The lowest BCUT2D eigenvalue weighted by atomic mass is 10.0. The summed E-state index contributed by atoms with van der Waals surface area (Å²) in [5, 5.41) is 2.89. The van der Waals surface area contributed by atoms with E-state index in [0.29, 0.717) is 18.2 Å². The maximum atomic E-state index is 12.7. The van der Waals surface area contributed by atoms with E-state index in [9.17, 15) is 13.2 Å². The summed E-state index contributed by atoms with van der Waals surface area (Å²) in [7, 11) is -3.61. The van der Waals surface area contributed by atoms with Crippen LogP contribution in [0.4, 0.5) is 5.69 Å². The minimum Gasteiger partial charge on any atom is -0.354 e. The third-order valence-corrected chi connectivity index (χ3v) is 6.38. The normalized spacial score (nSPS) is 12.6. The summed E-state index contributed by atoms with van der Waals surface area (Å²) in [6.45, 7) is 10.3. The van der Waals surface area contributed by atoms with E-state index in [-0.39, 0.29) is 5.91 Å². The van der Waals surface area contributed by atoms with Gasteiger partial charge < -0.3 is 5.32 Å². The van der Waals surface area contributed by atoms with E-state index >= 15 is 0 Å². The highest BCUT2D eigenvalue weighted by atomic mass is 32.2. The number of nitrogens with zero attached hydrogens (tertiary/aromatic N) is 1. The summed E-state index contributed by atoms with van der Waals surface area (Å²) in [4.78, 5) is 12.7. The topological polar surface area (TPSA) is 66.5 Å². The number of sulfonamides is 1. The number of hydrogen-bond acceptors (Lipinski definition) is 3. The Bertz CT molecular complexity index is 946. The molecule has 2 aromatic carbocycles. The predicted molar refractivity (Wildman–Crippen MR) is 125 cm³/mol. The van der Waals surface area contributed by atoms with Gasteiger partial charge in [0.15, 0.2) is 0 Å². The van der Waals surface area contributed by atoms with Crippen molar-refractivity contribution in [3.63, 3.8) is 0 Å². The molecule has 164 valence electrons. The van der Waals surface area contributed by atoms with Crippen molar-refractivity contribution < 1.29 is 13.2 Å². The Balaban J connectivity index is 1.98. The van der Waals surface area contributed by atoms with Crippen molar-refractivity contribution in [1.29, 1.82) is 0 Å². The Morgan fingerprint density at radius 1 is 1.00 bits per heavy atom. The molecule has 1 unspecified atom stereocenters. The van der Waals surface area contributed by atoms with Crippen molar-refractivity contribution in [3.8, 4) is 0 Å². The molecule has 0 aliphatic rings. The van der Waals surface area contributed by atoms with E-state index in [2.05, 4.69) is 43.4 Å². The molecular weight excluding hydrogens is 396 g/mol. The molecule has 5 nitrogen and oxygen atoms in total. The van der Waals surface area contributed by atoms with E-state index in [0.717, 1.165) is 30.2 Å². The Kier molecular flexibility index (Phi) is 8.07. The van der Waals surface area contributed by atoms with Crippen LogP contribution in [0.15, 0.2) is 42.5 Å². The lowest BCUT2D eigenvalue weighted by Crippen LogP contribution is -2.48. The minimum atomic E-state index is -3.61. The molecule has 2 rings (SSSR count). The van der Waals surface area contributed by atoms with E-state index in [1.807, 2.05) is 19.9 Å². The highest BCUT2D eigenvalue weighted by Gasteiger charge is 2.29. The Morgan fingerprint density at radius 3 is 2.07 bits per heavy atom. The molecular formula is C24H34N2O3S. The smallest absolute Gasteiger partial charge is 0.243 e. The molecule has 0 heterocycles. The number of benzene rings is 2. The van der Waals surface area contributed by atoms with Crippen LogP contribution < -0.4 is 9.62 Å². The first-order valence-electron chi connectivity index (χ1n) is 10.4. The fourth-order valence-corrected chi connectivity index (χ4v) is 4.77. The molecule has 6 heteroatoms. The average Bonchev–Trinajstić information content (AvgIpc) is 2.63. The highest BCUT2D eigenvalue weighted by molar-refractivity contribution is 7.92. The number of aryl methyl sites for hydroxylation is 3. The molecule has 0 radical (unpaired) electrons. The lowest BCUT2D eigenvalue weighted by Gasteiger charge is -2.28. The maximum Gasteiger partial charge on any atom is 0.243 e. The molecule has 2 aromatic rings. The number of nitrogens with one attached hydrogen (secondary N) is 1. The molecule has 0 saturated heterocycles. The lowest BCUT2D eigenvalue weighted by molar-refractivity contribution is -0.121. The molecule has 30 heavy (non-hydrogen) atoms. The third-order valence-electron chi connectivity index (χ3n) is 5.14. The number of carbonyl (C=O) groups excluding carboxylic acids is 1. The van der Waals surface area contributed by atoms with Crippen LogP contribution in [0.5, 0.6) is 0 Å². The van der Waals surface area contributed by atoms with Crippen molar-refractivity contribution in [3.05, 3.63) is 64.7 Å². The maximum absolute atomic E-state index is 12.7. The van der Waals surface area contributed by atoms with Crippen LogP contribution >= 0.6 is 0 Å².